The molecule has 12 heavy (non-hydrogen) atoms. The molecule has 0 aromatic carbocycles. The molecule has 0 spiro atoms. The highest BCUT2D eigenvalue weighted by atomic mass is 32.2. The highest BCUT2D eigenvalue weighted by Crippen LogP contribution is 2.02. The SMILES string of the molecule is CSC(C)CNC(=O)CCCN. The summed E-state index contributed by atoms with van der Waals surface area (Å²) < 4.78 is 0. The van der Waals surface area contributed by atoms with E-state index in [4.69, 9.17) is 5.73 Å². The molecule has 0 aromatic heterocycles. The molecule has 0 aromatic rings. The number of hydrogen-bond donors (Lipinski definition) is 2. The number of nitrogens with two attached hydrogens (primary N) is 1. The summed E-state index contributed by atoms with van der Waals surface area (Å²) in [5.41, 5.74) is 5.27. The van der Waals surface area contributed by atoms with E-state index in [9.17, 15) is 4.79 Å². The largest absolute Gasteiger partial charge is 0.355 e. The standard InChI is InChI=1S/C8H18N2OS/c1-7(12-2)6-10-8(11)4-3-5-9/h7H,3-6,9H2,1-2H3,(H,10,11). The molecular weight excluding hydrogens is 172 g/mol. The minimum atomic E-state index is 0.112. The Hall–Kier alpha value is -0.220. The van der Waals surface area contributed by atoms with Crippen molar-refractivity contribution in [1.29, 1.82) is 0 Å². The van der Waals surface area contributed by atoms with E-state index in [2.05, 4.69) is 12.2 Å². The molecule has 0 aliphatic carbocycles. The van der Waals surface area contributed by atoms with Crippen molar-refractivity contribution in [3.63, 3.8) is 0 Å². The third-order valence-electron chi connectivity index (χ3n) is 1.60. The molecule has 72 valence electrons. The number of carbonyl (C=O) groups is 1. The number of rotatable bonds is 6. The van der Waals surface area contributed by atoms with E-state index in [0.29, 0.717) is 18.2 Å². The summed E-state index contributed by atoms with van der Waals surface area (Å²) in [6, 6.07) is 0. The molecule has 1 unspecified atom stereocenters. The molecule has 0 heterocycles. The quantitative estimate of drug-likeness (QED) is 0.644. The average Bonchev–Trinajstić information content (AvgIpc) is 2.10. The molecule has 0 saturated heterocycles. The van der Waals surface area contributed by atoms with Crippen molar-refractivity contribution >= 4 is 17.7 Å². The maximum absolute atomic E-state index is 11.0. The summed E-state index contributed by atoms with van der Waals surface area (Å²) in [4.78, 5) is 11.0. The van der Waals surface area contributed by atoms with Gasteiger partial charge in [0.15, 0.2) is 0 Å². The van der Waals surface area contributed by atoms with Gasteiger partial charge in [0, 0.05) is 18.2 Å². The van der Waals surface area contributed by atoms with Gasteiger partial charge in [0.1, 0.15) is 0 Å². The molecule has 3 nitrogen and oxygen atoms in total. The first-order valence-electron chi connectivity index (χ1n) is 4.20. The molecule has 0 aliphatic rings. The molecule has 0 radical (unpaired) electrons. The first kappa shape index (κ1) is 11.8. The smallest absolute Gasteiger partial charge is 0.220 e. The van der Waals surface area contributed by atoms with Crippen LogP contribution in [0.2, 0.25) is 0 Å². The Balaban J connectivity index is 3.31. The van der Waals surface area contributed by atoms with Gasteiger partial charge in [0.2, 0.25) is 5.91 Å². The van der Waals surface area contributed by atoms with Gasteiger partial charge >= 0.3 is 0 Å². The first-order valence-corrected chi connectivity index (χ1v) is 5.49. The van der Waals surface area contributed by atoms with E-state index in [1.54, 1.807) is 11.8 Å². The lowest BCUT2D eigenvalue weighted by Gasteiger charge is -2.09. The third-order valence-corrected chi connectivity index (χ3v) is 2.57. The summed E-state index contributed by atoms with van der Waals surface area (Å²) in [7, 11) is 0. The van der Waals surface area contributed by atoms with Gasteiger partial charge in [-0.25, -0.2) is 0 Å². The van der Waals surface area contributed by atoms with E-state index in [1.165, 1.54) is 0 Å². The van der Waals surface area contributed by atoms with Gasteiger partial charge in [-0.05, 0) is 19.2 Å². The van der Waals surface area contributed by atoms with Gasteiger partial charge in [0.25, 0.3) is 0 Å². The average molecular weight is 190 g/mol. The minimum Gasteiger partial charge on any atom is -0.355 e. The lowest BCUT2D eigenvalue weighted by atomic mass is 10.3. The summed E-state index contributed by atoms with van der Waals surface area (Å²) in [6.45, 7) is 3.43. The van der Waals surface area contributed by atoms with Crippen LogP contribution in [0.5, 0.6) is 0 Å². The Morgan fingerprint density at radius 2 is 2.33 bits per heavy atom. The van der Waals surface area contributed by atoms with Crippen molar-refractivity contribution in [3.8, 4) is 0 Å². The number of amides is 1. The Labute approximate surface area is 78.5 Å². The molecule has 0 rings (SSSR count). The van der Waals surface area contributed by atoms with Crippen LogP contribution in [0.4, 0.5) is 0 Å². The highest BCUT2D eigenvalue weighted by Gasteiger charge is 2.02. The monoisotopic (exact) mass is 190 g/mol. The fourth-order valence-corrected chi connectivity index (χ4v) is 0.942. The molecule has 0 aliphatic heterocycles. The molecule has 4 heteroatoms. The Kier molecular flexibility index (Phi) is 7.29. The molecular formula is C8H18N2OS. The van der Waals surface area contributed by atoms with Crippen LogP contribution in [0.1, 0.15) is 19.8 Å². The van der Waals surface area contributed by atoms with Crippen LogP contribution in [0.3, 0.4) is 0 Å². The fourth-order valence-electron chi connectivity index (χ4n) is 0.692. The van der Waals surface area contributed by atoms with Gasteiger partial charge in [-0.3, -0.25) is 4.79 Å². The maximum atomic E-state index is 11.0. The first-order chi connectivity index (χ1) is 5.70. The van der Waals surface area contributed by atoms with E-state index in [0.717, 1.165) is 13.0 Å². The van der Waals surface area contributed by atoms with Crippen molar-refractivity contribution in [2.75, 3.05) is 19.3 Å². The molecule has 1 atom stereocenters. The van der Waals surface area contributed by atoms with Gasteiger partial charge in [-0.2, -0.15) is 11.8 Å². The second-order valence-corrected chi connectivity index (χ2v) is 4.02. The predicted molar refractivity (Wildman–Crippen MR) is 54.3 cm³/mol. The number of hydrogen-bond acceptors (Lipinski definition) is 3. The topological polar surface area (TPSA) is 55.1 Å². The zero-order valence-electron chi connectivity index (χ0n) is 7.80. The lowest BCUT2D eigenvalue weighted by Crippen LogP contribution is -2.29. The number of thioether (sulfide) groups is 1. The van der Waals surface area contributed by atoms with E-state index < -0.39 is 0 Å². The molecule has 1 amide bonds. The van der Waals surface area contributed by atoms with E-state index >= 15 is 0 Å². The van der Waals surface area contributed by atoms with Crippen LogP contribution in [-0.4, -0.2) is 30.5 Å². The zero-order chi connectivity index (χ0) is 9.40. The van der Waals surface area contributed by atoms with Crippen molar-refractivity contribution in [2.45, 2.75) is 25.0 Å². The fraction of sp³-hybridized carbons (Fsp3) is 0.875. The Morgan fingerprint density at radius 1 is 1.67 bits per heavy atom. The molecule has 0 saturated carbocycles. The second-order valence-electron chi connectivity index (χ2n) is 2.74. The van der Waals surface area contributed by atoms with Crippen LogP contribution in [0.25, 0.3) is 0 Å². The van der Waals surface area contributed by atoms with E-state index in [1.807, 2.05) is 6.26 Å². The minimum absolute atomic E-state index is 0.112. The van der Waals surface area contributed by atoms with Crippen molar-refractivity contribution in [2.24, 2.45) is 5.73 Å². The molecule has 0 bridgehead atoms. The van der Waals surface area contributed by atoms with Crippen LogP contribution in [0, 0.1) is 0 Å². The third kappa shape index (κ3) is 6.49. The summed E-state index contributed by atoms with van der Waals surface area (Å²) >= 11 is 1.75. The zero-order valence-corrected chi connectivity index (χ0v) is 8.62. The van der Waals surface area contributed by atoms with Crippen molar-refractivity contribution < 1.29 is 4.79 Å². The predicted octanol–water partition coefficient (Wildman–Crippen LogP) is 0.593. The normalized spacial score (nSPS) is 12.6. The summed E-state index contributed by atoms with van der Waals surface area (Å²) in [5.74, 6) is 0.112. The number of nitrogens with one attached hydrogen (secondary N) is 1. The van der Waals surface area contributed by atoms with Crippen molar-refractivity contribution in [1.82, 2.24) is 5.32 Å². The number of carbonyl (C=O) groups excluding carboxylic acids is 1. The van der Waals surface area contributed by atoms with Crippen molar-refractivity contribution in [3.05, 3.63) is 0 Å². The van der Waals surface area contributed by atoms with Gasteiger partial charge < -0.3 is 11.1 Å². The molecule has 0 fully saturated rings. The van der Waals surface area contributed by atoms with Gasteiger partial charge in [-0.15, -0.1) is 0 Å². The molecule has 3 N–H and O–H groups in total. The summed E-state index contributed by atoms with van der Waals surface area (Å²) in [6.07, 6.45) is 3.37. The van der Waals surface area contributed by atoms with E-state index in [-0.39, 0.29) is 5.91 Å². The van der Waals surface area contributed by atoms with Gasteiger partial charge in [0.05, 0.1) is 0 Å². The van der Waals surface area contributed by atoms with Crippen LogP contribution >= 0.6 is 11.8 Å². The summed E-state index contributed by atoms with van der Waals surface area (Å²) in [5, 5.41) is 3.35. The Morgan fingerprint density at radius 3 is 2.83 bits per heavy atom. The maximum Gasteiger partial charge on any atom is 0.220 e. The lowest BCUT2D eigenvalue weighted by molar-refractivity contribution is -0.121. The van der Waals surface area contributed by atoms with Crippen LogP contribution in [-0.2, 0) is 4.79 Å². The second kappa shape index (κ2) is 7.43. The van der Waals surface area contributed by atoms with Gasteiger partial charge in [-0.1, -0.05) is 6.92 Å². The van der Waals surface area contributed by atoms with Crippen LogP contribution < -0.4 is 11.1 Å². The Bertz CT molecular complexity index is 130. The highest BCUT2D eigenvalue weighted by molar-refractivity contribution is 7.99. The van der Waals surface area contributed by atoms with Crippen LogP contribution in [0.15, 0.2) is 0 Å².